The highest BCUT2D eigenvalue weighted by molar-refractivity contribution is 6.23. The Morgan fingerprint density at radius 3 is 1.89 bits per heavy atom. The number of carbonyl (C=O) groups is 4. The van der Waals surface area contributed by atoms with Crippen LogP contribution >= 0.6 is 0 Å². The van der Waals surface area contributed by atoms with Crippen molar-refractivity contribution in [3.05, 3.63) is 124 Å². The van der Waals surface area contributed by atoms with Gasteiger partial charge in [0.1, 0.15) is 5.75 Å². The van der Waals surface area contributed by atoms with Crippen LogP contribution in [-0.2, 0) is 19.2 Å². The van der Waals surface area contributed by atoms with Crippen molar-refractivity contribution < 1.29 is 23.9 Å². The summed E-state index contributed by atoms with van der Waals surface area (Å²) in [6.07, 6.45) is 0.0578. The van der Waals surface area contributed by atoms with Crippen LogP contribution in [0.25, 0.3) is 0 Å². The molecule has 0 aromatic heterocycles. The Morgan fingerprint density at radius 2 is 1.30 bits per heavy atom. The van der Waals surface area contributed by atoms with Gasteiger partial charge in [0.25, 0.3) is 0 Å². The van der Waals surface area contributed by atoms with E-state index in [2.05, 4.69) is 24.3 Å². The molecule has 9 rings (SSSR count). The van der Waals surface area contributed by atoms with Crippen LogP contribution < -0.4 is 14.5 Å². The molecule has 0 saturated carbocycles. The number of esters is 1. The van der Waals surface area contributed by atoms with Crippen LogP contribution in [0.4, 0.5) is 11.4 Å². The van der Waals surface area contributed by atoms with Crippen molar-refractivity contribution in [1.29, 1.82) is 0 Å². The van der Waals surface area contributed by atoms with Gasteiger partial charge in [-0.25, -0.2) is 4.90 Å². The Labute approximate surface area is 255 Å². The molecule has 0 spiro atoms. The maximum Gasteiger partial charge on any atom is 0.316 e. The van der Waals surface area contributed by atoms with Crippen LogP contribution in [0.1, 0.15) is 51.6 Å². The first-order valence-electron chi connectivity index (χ1n) is 15.1. The van der Waals surface area contributed by atoms with Gasteiger partial charge in [-0.05, 0) is 65.4 Å². The lowest BCUT2D eigenvalue weighted by Gasteiger charge is -2.45. The molecule has 0 N–H and O–H groups in total. The monoisotopic (exact) mass is 582 g/mol. The van der Waals surface area contributed by atoms with Gasteiger partial charge in [-0.3, -0.25) is 19.2 Å². The summed E-state index contributed by atoms with van der Waals surface area (Å²) in [4.78, 5) is 57.3. The maximum atomic E-state index is 14.1. The number of aryl methyl sites for hydroxylation is 1. The van der Waals surface area contributed by atoms with Crippen LogP contribution in [0.15, 0.2) is 91.0 Å². The molecule has 2 heterocycles. The van der Waals surface area contributed by atoms with Crippen molar-refractivity contribution in [1.82, 2.24) is 0 Å². The molecule has 2 bridgehead atoms. The molecule has 5 aliphatic rings. The summed E-state index contributed by atoms with van der Waals surface area (Å²) >= 11 is 0. The van der Waals surface area contributed by atoms with Gasteiger partial charge < -0.3 is 9.64 Å². The molecule has 3 amide bonds. The predicted molar refractivity (Wildman–Crippen MR) is 164 cm³/mol. The first kappa shape index (κ1) is 26.6. The second kappa shape index (κ2) is 9.74. The SMILES string of the molecule is Cc1cccc(N2C[C@H](C(=O)Oc3cccc(N4C(=O)[C@H]5C6c7ccccc7C(c7ccccc76)[C@@H]5C4=O)c3)CC2=O)c1C. The molecule has 218 valence electrons. The Bertz CT molecular complexity index is 1800. The fourth-order valence-electron chi connectivity index (χ4n) is 7.94. The second-order valence-corrected chi connectivity index (χ2v) is 12.3. The minimum atomic E-state index is -0.628. The number of hydrogen-bond acceptors (Lipinski definition) is 5. The zero-order valence-electron chi connectivity index (χ0n) is 24.4. The van der Waals surface area contributed by atoms with E-state index >= 15 is 0 Å². The van der Waals surface area contributed by atoms with E-state index in [1.165, 1.54) is 4.90 Å². The summed E-state index contributed by atoms with van der Waals surface area (Å²) < 4.78 is 5.76. The highest BCUT2D eigenvalue weighted by Crippen LogP contribution is 2.61. The Morgan fingerprint density at radius 1 is 0.727 bits per heavy atom. The predicted octanol–water partition coefficient (Wildman–Crippen LogP) is 5.66. The molecule has 7 heteroatoms. The van der Waals surface area contributed by atoms with Crippen LogP contribution in [-0.4, -0.2) is 30.2 Å². The van der Waals surface area contributed by atoms with Crippen LogP contribution in [0, 0.1) is 31.6 Å². The molecule has 4 aromatic rings. The number of nitrogens with zero attached hydrogens (tertiary/aromatic N) is 2. The summed E-state index contributed by atoms with van der Waals surface area (Å²) in [6, 6.07) is 28.7. The lowest BCUT2D eigenvalue weighted by molar-refractivity contribution is -0.139. The van der Waals surface area contributed by atoms with Crippen molar-refractivity contribution in [2.24, 2.45) is 17.8 Å². The third-order valence-electron chi connectivity index (χ3n) is 10.1. The Kier molecular flexibility index (Phi) is 5.88. The largest absolute Gasteiger partial charge is 0.426 e. The molecule has 0 radical (unpaired) electrons. The standard InChI is InChI=1S/C37H30N2O5/c1-20-9-7-16-29(21(20)2)38-19-22(17-30(38)40)37(43)44-24-11-8-10-23(18-24)39-35(41)33-31-25-12-3-4-13-26(25)32(34(33)36(39)42)28-15-6-5-14-27(28)31/h3-16,18,22,31-34H,17,19H2,1-2H3/t22-,31?,32?,33+,34+/m1/s1. The molecule has 2 aliphatic heterocycles. The number of ether oxygens (including phenoxy) is 1. The van der Waals surface area contributed by atoms with Gasteiger partial charge in [0.2, 0.25) is 17.7 Å². The first-order valence-corrected chi connectivity index (χ1v) is 15.1. The average Bonchev–Trinajstić information content (AvgIpc) is 3.55. The lowest BCUT2D eigenvalue weighted by atomic mass is 9.55. The molecule has 2 fully saturated rings. The molecular weight excluding hydrogens is 552 g/mol. The summed E-state index contributed by atoms with van der Waals surface area (Å²) in [5, 5.41) is 0. The van der Waals surface area contributed by atoms with E-state index in [-0.39, 0.29) is 48.3 Å². The lowest BCUT2D eigenvalue weighted by Crippen LogP contribution is -2.41. The fraction of sp³-hybridized carbons (Fsp3) is 0.243. The number of benzene rings is 4. The Balaban J connectivity index is 1.06. The van der Waals surface area contributed by atoms with Gasteiger partial charge in [0, 0.05) is 36.6 Å². The van der Waals surface area contributed by atoms with Crippen molar-refractivity contribution in [2.75, 3.05) is 16.3 Å². The molecule has 0 unspecified atom stereocenters. The summed E-state index contributed by atoms with van der Waals surface area (Å²) in [6.45, 7) is 4.19. The zero-order chi connectivity index (χ0) is 30.3. The highest BCUT2D eigenvalue weighted by atomic mass is 16.5. The number of amides is 3. The molecule has 44 heavy (non-hydrogen) atoms. The average molecular weight is 583 g/mol. The third kappa shape index (κ3) is 3.75. The third-order valence-corrected chi connectivity index (χ3v) is 10.1. The maximum absolute atomic E-state index is 14.1. The minimum absolute atomic E-state index is 0.0578. The number of carbonyl (C=O) groups excluding carboxylic acids is 4. The van der Waals surface area contributed by atoms with Gasteiger partial charge in [-0.1, -0.05) is 66.7 Å². The second-order valence-electron chi connectivity index (χ2n) is 12.3. The van der Waals surface area contributed by atoms with E-state index in [0.717, 1.165) is 39.1 Å². The normalized spacial score (nSPS) is 24.8. The van der Waals surface area contributed by atoms with Gasteiger partial charge in [0.05, 0.1) is 23.4 Å². The topological polar surface area (TPSA) is 84.0 Å². The van der Waals surface area contributed by atoms with Gasteiger partial charge in [0.15, 0.2) is 0 Å². The van der Waals surface area contributed by atoms with E-state index in [9.17, 15) is 19.2 Å². The van der Waals surface area contributed by atoms with Gasteiger partial charge in [-0.15, -0.1) is 0 Å². The van der Waals surface area contributed by atoms with Crippen LogP contribution in [0.3, 0.4) is 0 Å². The van der Waals surface area contributed by atoms with Crippen molar-refractivity contribution >= 4 is 35.1 Å². The van der Waals surface area contributed by atoms with Crippen LogP contribution in [0.2, 0.25) is 0 Å². The van der Waals surface area contributed by atoms with Crippen molar-refractivity contribution in [3.8, 4) is 5.75 Å². The van der Waals surface area contributed by atoms with Gasteiger partial charge in [-0.2, -0.15) is 0 Å². The van der Waals surface area contributed by atoms with Crippen LogP contribution in [0.5, 0.6) is 5.75 Å². The smallest absolute Gasteiger partial charge is 0.316 e. The molecule has 2 saturated heterocycles. The molecule has 7 nitrogen and oxygen atoms in total. The quantitative estimate of drug-likeness (QED) is 0.176. The van der Waals surface area contributed by atoms with E-state index in [4.69, 9.17) is 4.74 Å². The first-order chi connectivity index (χ1) is 21.3. The summed E-state index contributed by atoms with van der Waals surface area (Å²) in [5.74, 6) is -2.87. The summed E-state index contributed by atoms with van der Waals surface area (Å²) in [7, 11) is 0. The van der Waals surface area contributed by atoms with E-state index in [1.807, 2.05) is 56.3 Å². The molecule has 3 atom stereocenters. The fourth-order valence-corrected chi connectivity index (χ4v) is 7.94. The van der Waals surface area contributed by atoms with Crippen molar-refractivity contribution in [2.45, 2.75) is 32.1 Å². The van der Waals surface area contributed by atoms with E-state index in [1.54, 1.807) is 29.2 Å². The van der Waals surface area contributed by atoms with Gasteiger partial charge >= 0.3 is 5.97 Å². The number of rotatable bonds is 4. The molecular formula is C37H30N2O5. The Hall–Kier alpha value is -5.04. The summed E-state index contributed by atoms with van der Waals surface area (Å²) in [5.41, 5.74) is 7.72. The number of imide groups is 1. The van der Waals surface area contributed by atoms with Crippen molar-refractivity contribution in [3.63, 3.8) is 0 Å². The number of anilines is 2. The highest BCUT2D eigenvalue weighted by Gasteiger charge is 2.61. The van der Waals surface area contributed by atoms with E-state index < -0.39 is 23.7 Å². The zero-order valence-corrected chi connectivity index (χ0v) is 24.4. The van der Waals surface area contributed by atoms with E-state index in [0.29, 0.717) is 5.69 Å². The molecule has 3 aliphatic carbocycles. The minimum Gasteiger partial charge on any atom is -0.426 e. The number of hydrogen-bond donors (Lipinski definition) is 0. The molecule has 4 aromatic carbocycles.